The third kappa shape index (κ3) is 2.69. The molecule has 4 heteroatoms. The molecule has 0 spiro atoms. The van der Waals surface area contributed by atoms with E-state index in [4.69, 9.17) is 0 Å². The van der Waals surface area contributed by atoms with Crippen molar-refractivity contribution in [1.82, 2.24) is 10.2 Å². The zero-order valence-corrected chi connectivity index (χ0v) is 12.6. The topological polar surface area (TPSA) is 32.3 Å². The molecule has 2 aliphatic rings. The van der Waals surface area contributed by atoms with Gasteiger partial charge in [0, 0.05) is 11.3 Å². The lowest BCUT2D eigenvalue weighted by molar-refractivity contribution is -0.133. The molecule has 1 aliphatic carbocycles. The van der Waals surface area contributed by atoms with Crippen LogP contribution in [0.15, 0.2) is 0 Å². The molecule has 3 nitrogen and oxygen atoms in total. The Bertz CT molecular complexity index is 298. The molecule has 0 aromatic carbocycles. The number of nitrogens with zero attached hydrogens (tertiary/aromatic N) is 1. The summed E-state index contributed by atoms with van der Waals surface area (Å²) in [6.45, 7) is 4.27. The minimum Gasteiger partial charge on any atom is -0.323 e. The number of hydrogen-bond acceptors (Lipinski definition) is 3. The second-order valence-electron chi connectivity index (χ2n) is 5.48. The highest BCUT2D eigenvalue weighted by Crippen LogP contribution is 2.33. The Labute approximate surface area is 115 Å². The maximum atomic E-state index is 12.5. The molecule has 4 unspecified atom stereocenters. The number of nitrogens with one attached hydrogen (secondary N) is 1. The monoisotopic (exact) mass is 270 g/mol. The molecule has 0 aromatic rings. The molecule has 1 saturated heterocycles. The summed E-state index contributed by atoms with van der Waals surface area (Å²) in [5, 5.41) is 4.24. The number of amides is 1. The van der Waals surface area contributed by atoms with Crippen molar-refractivity contribution in [2.75, 3.05) is 6.26 Å². The molecule has 1 saturated carbocycles. The fraction of sp³-hybridized carbons (Fsp3) is 0.929. The molecule has 1 heterocycles. The molecule has 1 amide bonds. The molecule has 1 N–H and O–H groups in total. The van der Waals surface area contributed by atoms with Gasteiger partial charge in [-0.1, -0.05) is 20.3 Å². The van der Waals surface area contributed by atoms with Gasteiger partial charge >= 0.3 is 0 Å². The van der Waals surface area contributed by atoms with E-state index >= 15 is 0 Å². The highest BCUT2D eigenvalue weighted by atomic mass is 32.2. The lowest BCUT2D eigenvalue weighted by Gasteiger charge is -2.37. The van der Waals surface area contributed by atoms with Crippen molar-refractivity contribution in [1.29, 1.82) is 0 Å². The Balaban J connectivity index is 2.07. The van der Waals surface area contributed by atoms with Crippen molar-refractivity contribution in [3.63, 3.8) is 0 Å². The Hall–Kier alpha value is -0.220. The van der Waals surface area contributed by atoms with Gasteiger partial charge in [0.2, 0.25) is 5.91 Å². The number of rotatable bonds is 4. The lowest BCUT2D eigenvalue weighted by atomic mass is 9.93. The third-order valence-electron chi connectivity index (χ3n) is 4.40. The predicted molar refractivity (Wildman–Crippen MR) is 77.7 cm³/mol. The van der Waals surface area contributed by atoms with Crippen molar-refractivity contribution in [2.45, 2.75) is 75.9 Å². The van der Waals surface area contributed by atoms with E-state index in [1.165, 1.54) is 25.7 Å². The van der Waals surface area contributed by atoms with Gasteiger partial charge in [0.1, 0.15) is 0 Å². The molecule has 2 rings (SSSR count). The predicted octanol–water partition coefficient (Wildman–Crippen LogP) is 2.61. The first-order valence-electron chi connectivity index (χ1n) is 7.32. The largest absolute Gasteiger partial charge is 0.323 e. The van der Waals surface area contributed by atoms with E-state index in [2.05, 4.69) is 30.3 Å². The highest BCUT2D eigenvalue weighted by molar-refractivity contribution is 7.99. The maximum absolute atomic E-state index is 12.5. The highest BCUT2D eigenvalue weighted by Gasteiger charge is 2.41. The van der Waals surface area contributed by atoms with Crippen LogP contribution in [0.5, 0.6) is 0 Å². The molecule has 0 bridgehead atoms. The van der Waals surface area contributed by atoms with Crippen molar-refractivity contribution in [2.24, 2.45) is 0 Å². The van der Waals surface area contributed by atoms with Crippen LogP contribution in [0.1, 0.15) is 52.4 Å². The fourth-order valence-corrected chi connectivity index (χ4v) is 4.16. The van der Waals surface area contributed by atoms with Crippen molar-refractivity contribution in [3.05, 3.63) is 0 Å². The molecule has 2 fully saturated rings. The van der Waals surface area contributed by atoms with Gasteiger partial charge in [-0.25, -0.2) is 0 Å². The van der Waals surface area contributed by atoms with Crippen LogP contribution < -0.4 is 5.32 Å². The van der Waals surface area contributed by atoms with Gasteiger partial charge in [-0.2, -0.15) is 11.8 Å². The molecule has 104 valence electrons. The van der Waals surface area contributed by atoms with Gasteiger partial charge in [0.25, 0.3) is 0 Å². The maximum Gasteiger partial charge on any atom is 0.241 e. The number of carbonyl (C=O) groups excluding carboxylic acids is 1. The minimum absolute atomic E-state index is 0.0598. The van der Waals surface area contributed by atoms with Crippen LogP contribution in [0, 0.1) is 0 Å². The minimum atomic E-state index is 0.0598. The number of hydrogen-bond donors (Lipinski definition) is 1. The van der Waals surface area contributed by atoms with Crippen molar-refractivity contribution < 1.29 is 4.79 Å². The summed E-state index contributed by atoms with van der Waals surface area (Å²) in [5.74, 6) is 0.344. The van der Waals surface area contributed by atoms with Gasteiger partial charge in [0.05, 0.1) is 12.2 Å². The van der Waals surface area contributed by atoms with Crippen molar-refractivity contribution in [3.8, 4) is 0 Å². The van der Waals surface area contributed by atoms with Crippen LogP contribution in [0.25, 0.3) is 0 Å². The molecular formula is C14H26N2OS. The zero-order chi connectivity index (χ0) is 13.1. The Morgan fingerprint density at radius 2 is 2.11 bits per heavy atom. The van der Waals surface area contributed by atoms with Crippen LogP contribution >= 0.6 is 11.8 Å². The second kappa shape index (κ2) is 6.29. The molecule has 1 aliphatic heterocycles. The van der Waals surface area contributed by atoms with Gasteiger partial charge < -0.3 is 4.90 Å². The fourth-order valence-electron chi connectivity index (χ4n) is 3.35. The van der Waals surface area contributed by atoms with E-state index in [1.54, 1.807) is 0 Å². The summed E-state index contributed by atoms with van der Waals surface area (Å²) >= 11 is 1.97. The van der Waals surface area contributed by atoms with E-state index < -0.39 is 0 Å². The standard InChI is InChI=1S/C14H26N2OS/c1-4-12-14(17)16(13(5-2)15-12)10-7-6-8-11(9-10)18-3/h10-13,15H,4-9H2,1-3H3. The van der Waals surface area contributed by atoms with Crippen LogP contribution in [0.4, 0.5) is 0 Å². The van der Waals surface area contributed by atoms with E-state index in [0.717, 1.165) is 18.1 Å². The van der Waals surface area contributed by atoms with Gasteiger partial charge in [-0.15, -0.1) is 0 Å². The Kier molecular flexibility index (Phi) is 4.96. The quantitative estimate of drug-likeness (QED) is 0.852. The molecule has 4 atom stereocenters. The summed E-state index contributed by atoms with van der Waals surface area (Å²) in [6.07, 6.45) is 9.36. The van der Waals surface area contributed by atoms with E-state index in [1.807, 2.05) is 11.8 Å². The summed E-state index contributed by atoms with van der Waals surface area (Å²) in [7, 11) is 0. The summed E-state index contributed by atoms with van der Waals surface area (Å²) < 4.78 is 0. The van der Waals surface area contributed by atoms with Gasteiger partial charge in [-0.05, 0) is 38.4 Å². The Morgan fingerprint density at radius 1 is 1.33 bits per heavy atom. The first kappa shape index (κ1) is 14.2. The second-order valence-corrected chi connectivity index (χ2v) is 6.61. The molecule has 0 aromatic heterocycles. The average Bonchev–Trinajstić information content (AvgIpc) is 2.75. The molecule has 18 heavy (non-hydrogen) atoms. The van der Waals surface area contributed by atoms with Crippen LogP contribution in [0.2, 0.25) is 0 Å². The van der Waals surface area contributed by atoms with E-state index in [9.17, 15) is 4.79 Å². The average molecular weight is 270 g/mol. The zero-order valence-electron chi connectivity index (χ0n) is 11.8. The van der Waals surface area contributed by atoms with Crippen LogP contribution in [-0.2, 0) is 4.79 Å². The van der Waals surface area contributed by atoms with Gasteiger partial charge in [-0.3, -0.25) is 10.1 Å². The van der Waals surface area contributed by atoms with E-state index in [0.29, 0.717) is 11.9 Å². The summed E-state index contributed by atoms with van der Waals surface area (Å²) in [5.41, 5.74) is 0. The number of thioether (sulfide) groups is 1. The Morgan fingerprint density at radius 3 is 2.72 bits per heavy atom. The normalized spacial score (nSPS) is 37.3. The SMILES string of the molecule is CCC1NC(CC)N(C2CCCC(SC)C2)C1=O. The third-order valence-corrected chi connectivity index (χ3v) is 5.50. The first-order chi connectivity index (χ1) is 8.71. The summed E-state index contributed by atoms with van der Waals surface area (Å²) in [6, 6.07) is 0.530. The van der Waals surface area contributed by atoms with Crippen LogP contribution in [0.3, 0.4) is 0 Å². The van der Waals surface area contributed by atoms with Crippen LogP contribution in [-0.4, -0.2) is 40.6 Å². The molecular weight excluding hydrogens is 244 g/mol. The van der Waals surface area contributed by atoms with Gasteiger partial charge in [0.15, 0.2) is 0 Å². The smallest absolute Gasteiger partial charge is 0.241 e. The summed E-state index contributed by atoms with van der Waals surface area (Å²) in [4.78, 5) is 14.6. The van der Waals surface area contributed by atoms with Crippen molar-refractivity contribution >= 4 is 17.7 Å². The first-order valence-corrected chi connectivity index (χ1v) is 8.61. The number of carbonyl (C=O) groups is 1. The lowest BCUT2D eigenvalue weighted by Crippen LogP contribution is -2.46. The van der Waals surface area contributed by atoms with E-state index in [-0.39, 0.29) is 12.2 Å². The molecule has 0 radical (unpaired) electrons.